The largest absolute Gasteiger partial charge is 0.272 e. The molecule has 0 bridgehead atoms. The van der Waals surface area contributed by atoms with Crippen LogP contribution in [0.3, 0.4) is 0 Å². The summed E-state index contributed by atoms with van der Waals surface area (Å²) in [6, 6.07) is 0. The Morgan fingerprint density at radius 2 is 2.15 bits per heavy atom. The van der Waals surface area contributed by atoms with Crippen LogP contribution in [-0.2, 0) is 13.5 Å². The zero-order valence-corrected chi connectivity index (χ0v) is 8.76. The standard InChI is InChI=1S/C11H16N2/c1-6-8(2)7-11-9(3)12-13(5)10(11)4/h1,8H,7H2,2-5H3. The molecule has 0 N–H and O–H groups in total. The van der Waals surface area contributed by atoms with Crippen molar-refractivity contribution < 1.29 is 0 Å². The van der Waals surface area contributed by atoms with E-state index in [0.29, 0.717) is 5.92 Å². The molecule has 0 aliphatic heterocycles. The summed E-state index contributed by atoms with van der Waals surface area (Å²) in [6.07, 6.45) is 6.28. The van der Waals surface area contributed by atoms with Gasteiger partial charge in [-0.15, -0.1) is 12.3 Å². The molecule has 1 aromatic rings. The van der Waals surface area contributed by atoms with Gasteiger partial charge in [-0.05, 0) is 25.8 Å². The van der Waals surface area contributed by atoms with Gasteiger partial charge in [0, 0.05) is 18.7 Å². The van der Waals surface area contributed by atoms with Crippen molar-refractivity contribution >= 4 is 0 Å². The number of aromatic nitrogens is 2. The van der Waals surface area contributed by atoms with Gasteiger partial charge in [0.25, 0.3) is 0 Å². The van der Waals surface area contributed by atoms with E-state index in [0.717, 1.165) is 12.1 Å². The summed E-state index contributed by atoms with van der Waals surface area (Å²) in [5.41, 5.74) is 3.62. The van der Waals surface area contributed by atoms with Gasteiger partial charge in [0.2, 0.25) is 0 Å². The molecule has 0 fully saturated rings. The lowest BCUT2D eigenvalue weighted by atomic mass is 10.0. The van der Waals surface area contributed by atoms with Crippen LogP contribution in [0.4, 0.5) is 0 Å². The first-order valence-corrected chi connectivity index (χ1v) is 4.51. The van der Waals surface area contributed by atoms with Crippen molar-refractivity contribution in [2.75, 3.05) is 0 Å². The number of terminal acetylenes is 1. The number of hydrogen-bond donors (Lipinski definition) is 0. The average molecular weight is 176 g/mol. The van der Waals surface area contributed by atoms with Crippen molar-refractivity contribution in [3.05, 3.63) is 17.0 Å². The number of hydrogen-bond acceptors (Lipinski definition) is 1. The van der Waals surface area contributed by atoms with Gasteiger partial charge in [0.1, 0.15) is 0 Å². The number of rotatable bonds is 2. The van der Waals surface area contributed by atoms with Gasteiger partial charge < -0.3 is 0 Å². The van der Waals surface area contributed by atoms with E-state index in [-0.39, 0.29) is 0 Å². The molecule has 0 saturated carbocycles. The Balaban J connectivity index is 2.95. The zero-order chi connectivity index (χ0) is 10.0. The van der Waals surface area contributed by atoms with Crippen LogP contribution in [0.25, 0.3) is 0 Å². The summed E-state index contributed by atoms with van der Waals surface area (Å²) in [7, 11) is 1.96. The molecule has 2 heteroatoms. The highest BCUT2D eigenvalue weighted by Gasteiger charge is 2.10. The monoisotopic (exact) mass is 176 g/mol. The van der Waals surface area contributed by atoms with Crippen molar-refractivity contribution in [1.82, 2.24) is 9.78 Å². The Kier molecular flexibility index (Phi) is 2.77. The van der Waals surface area contributed by atoms with Crippen molar-refractivity contribution in [3.63, 3.8) is 0 Å². The maximum Gasteiger partial charge on any atom is 0.0628 e. The summed E-state index contributed by atoms with van der Waals surface area (Å²) >= 11 is 0. The Morgan fingerprint density at radius 1 is 1.54 bits per heavy atom. The van der Waals surface area contributed by atoms with Gasteiger partial charge in [-0.2, -0.15) is 5.10 Å². The van der Waals surface area contributed by atoms with Crippen LogP contribution in [0.1, 0.15) is 23.9 Å². The van der Waals surface area contributed by atoms with E-state index in [9.17, 15) is 0 Å². The number of nitrogens with zero attached hydrogens (tertiary/aromatic N) is 2. The molecule has 1 atom stereocenters. The quantitative estimate of drug-likeness (QED) is 0.629. The van der Waals surface area contributed by atoms with Crippen LogP contribution in [0.5, 0.6) is 0 Å². The van der Waals surface area contributed by atoms with Gasteiger partial charge in [-0.1, -0.05) is 6.92 Å². The molecular formula is C11H16N2. The lowest BCUT2D eigenvalue weighted by Crippen LogP contribution is -1.99. The maximum absolute atomic E-state index is 5.35. The molecule has 0 radical (unpaired) electrons. The molecule has 0 aliphatic carbocycles. The predicted molar refractivity (Wildman–Crippen MR) is 54.4 cm³/mol. The topological polar surface area (TPSA) is 17.8 Å². The minimum atomic E-state index is 0.293. The van der Waals surface area contributed by atoms with Crippen LogP contribution in [0.15, 0.2) is 0 Å². The molecule has 0 saturated heterocycles. The normalized spacial score (nSPS) is 12.5. The molecular weight excluding hydrogens is 160 g/mol. The summed E-state index contributed by atoms with van der Waals surface area (Å²) in [5.74, 6) is 3.03. The van der Waals surface area contributed by atoms with E-state index in [1.807, 2.05) is 18.7 Å². The molecule has 0 amide bonds. The lowest BCUT2D eigenvalue weighted by Gasteiger charge is -2.04. The predicted octanol–water partition coefficient (Wildman–Crippen LogP) is 1.85. The molecule has 1 rings (SSSR count). The minimum absolute atomic E-state index is 0.293. The fraction of sp³-hybridized carbons (Fsp3) is 0.545. The zero-order valence-electron chi connectivity index (χ0n) is 8.76. The van der Waals surface area contributed by atoms with E-state index in [1.54, 1.807) is 0 Å². The summed E-state index contributed by atoms with van der Waals surface area (Å²) < 4.78 is 1.91. The number of aryl methyl sites for hydroxylation is 2. The van der Waals surface area contributed by atoms with E-state index >= 15 is 0 Å². The Morgan fingerprint density at radius 3 is 2.54 bits per heavy atom. The Labute approximate surface area is 80.0 Å². The van der Waals surface area contributed by atoms with E-state index < -0.39 is 0 Å². The highest BCUT2D eigenvalue weighted by Crippen LogP contribution is 2.16. The first kappa shape index (κ1) is 9.85. The van der Waals surface area contributed by atoms with Gasteiger partial charge in [-0.25, -0.2) is 0 Å². The van der Waals surface area contributed by atoms with Crippen molar-refractivity contribution in [1.29, 1.82) is 0 Å². The summed E-state index contributed by atoms with van der Waals surface area (Å²) in [4.78, 5) is 0. The van der Waals surface area contributed by atoms with Crippen LogP contribution in [-0.4, -0.2) is 9.78 Å². The molecule has 0 spiro atoms. The van der Waals surface area contributed by atoms with Gasteiger partial charge >= 0.3 is 0 Å². The van der Waals surface area contributed by atoms with E-state index in [1.165, 1.54) is 11.3 Å². The highest BCUT2D eigenvalue weighted by atomic mass is 15.3. The van der Waals surface area contributed by atoms with E-state index in [2.05, 4.69) is 24.9 Å². The molecule has 13 heavy (non-hydrogen) atoms. The molecule has 0 aliphatic rings. The Hall–Kier alpha value is -1.23. The van der Waals surface area contributed by atoms with Gasteiger partial charge in [0.15, 0.2) is 0 Å². The minimum Gasteiger partial charge on any atom is -0.272 e. The van der Waals surface area contributed by atoms with Crippen LogP contribution in [0, 0.1) is 32.1 Å². The van der Waals surface area contributed by atoms with Gasteiger partial charge in [-0.3, -0.25) is 4.68 Å². The van der Waals surface area contributed by atoms with Gasteiger partial charge in [0.05, 0.1) is 5.69 Å². The van der Waals surface area contributed by atoms with Crippen molar-refractivity contribution in [2.24, 2.45) is 13.0 Å². The van der Waals surface area contributed by atoms with Crippen LogP contribution in [0.2, 0.25) is 0 Å². The Bertz CT molecular complexity index is 342. The summed E-state index contributed by atoms with van der Waals surface area (Å²) in [6.45, 7) is 6.18. The van der Waals surface area contributed by atoms with E-state index in [4.69, 9.17) is 6.42 Å². The molecule has 1 unspecified atom stereocenters. The second-order valence-electron chi connectivity index (χ2n) is 3.54. The molecule has 70 valence electrons. The molecule has 2 nitrogen and oxygen atoms in total. The molecule has 1 aromatic heterocycles. The lowest BCUT2D eigenvalue weighted by molar-refractivity contribution is 0.720. The second-order valence-corrected chi connectivity index (χ2v) is 3.54. The fourth-order valence-corrected chi connectivity index (χ4v) is 1.48. The summed E-state index contributed by atoms with van der Waals surface area (Å²) in [5, 5.41) is 4.35. The van der Waals surface area contributed by atoms with Crippen molar-refractivity contribution in [3.8, 4) is 12.3 Å². The average Bonchev–Trinajstić information content (AvgIpc) is 2.32. The fourth-order valence-electron chi connectivity index (χ4n) is 1.48. The second kappa shape index (κ2) is 3.66. The highest BCUT2D eigenvalue weighted by molar-refractivity contribution is 5.25. The third kappa shape index (κ3) is 1.92. The maximum atomic E-state index is 5.35. The molecule has 1 heterocycles. The first-order chi connectivity index (χ1) is 6.06. The molecule has 0 aromatic carbocycles. The first-order valence-electron chi connectivity index (χ1n) is 4.51. The van der Waals surface area contributed by atoms with Crippen LogP contribution < -0.4 is 0 Å². The third-order valence-corrected chi connectivity index (χ3v) is 2.45. The smallest absolute Gasteiger partial charge is 0.0628 e. The van der Waals surface area contributed by atoms with Crippen molar-refractivity contribution in [2.45, 2.75) is 27.2 Å². The SMILES string of the molecule is C#CC(C)Cc1c(C)nn(C)c1C. The third-order valence-electron chi connectivity index (χ3n) is 2.45. The van der Waals surface area contributed by atoms with Crippen LogP contribution >= 0.6 is 0 Å².